The van der Waals surface area contributed by atoms with Crippen molar-refractivity contribution in [2.75, 3.05) is 7.05 Å². The van der Waals surface area contributed by atoms with Crippen molar-refractivity contribution >= 4 is 32.6 Å². The molecule has 1 aromatic carbocycles. The lowest BCUT2D eigenvalue weighted by Crippen LogP contribution is -2.33. The van der Waals surface area contributed by atoms with Crippen LogP contribution < -0.4 is 5.32 Å². The first-order valence-electron chi connectivity index (χ1n) is 5.65. The molecule has 2 N–H and O–H groups in total. The fourth-order valence-electron chi connectivity index (χ4n) is 2.01. The highest BCUT2D eigenvalue weighted by Gasteiger charge is 2.19. The number of carbonyl (C=O) groups is 1. The molecular weight excluding hydrogens is 280 g/mol. The fraction of sp³-hybridized carbons (Fsp3) is 0.308. The molecule has 0 aliphatic carbocycles. The maximum atomic E-state index is 12.3. The van der Waals surface area contributed by atoms with Crippen LogP contribution in [0, 0.1) is 0 Å². The van der Waals surface area contributed by atoms with E-state index in [1.807, 2.05) is 32.2 Å². The summed E-state index contributed by atoms with van der Waals surface area (Å²) in [6.07, 6.45) is 2.58. The lowest BCUT2D eigenvalue weighted by Gasteiger charge is -2.11. The number of aromatic amines is 1. The summed E-state index contributed by atoms with van der Waals surface area (Å²) in [5.41, 5.74) is 1.74. The molecule has 90 valence electrons. The first-order valence-corrected chi connectivity index (χ1v) is 6.44. The van der Waals surface area contributed by atoms with Crippen molar-refractivity contribution in [1.29, 1.82) is 0 Å². The van der Waals surface area contributed by atoms with Crippen molar-refractivity contribution in [2.24, 2.45) is 0 Å². The van der Waals surface area contributed by atoms with Crippen molar-refractivity contribution in [3.63, 3.8) is 0 Å². The van der Waals surface area contributed by atoms with Crippen molar-refractivity contribution in [3.05, 3.63) is 34.4 Å². The van der Waals surface area contributed by atoms with E-state index in [9.17, 15) is 4.79 Å². The molecule has 0 radical (unpaired) electrons. The van der Waals surface area contributed by atoms with Crippen molar-refractivity contribution in [2.45, 2.75) is 19.4 Å². The average molecular weight is 295 g/mol. The quantitative estimate of drug-likeness (QED) is 0.851. The number of H-pyrrole nitrogens is 1. The number of hydrogen-bond donors (Lipinski definition) is 2. The Morgan fingerprint density at radius 2 is 2.29 bits per heavy atom. The third kappa shape index (κ3) is 2.28. The Labute approximate surface area is 109 Å². The minimum Gasteiger partial charge on any atom is -0.360 e. The third-order valence-electron chi connectivity index (χ3n) is 2.98. The minimum atomic E-state index is -0.113. The van der Waals surface area contributed by atoms with Crippen molar-refractivity contribution in [3.8, 4) is 0 Å². The van der Waals surface area contributed by atoms with Gasteiger partial charge in [-0.3, -0.25) is 4.79 Å². The smallest absolute Gasteiger partial charge is 0.181 e. The van der Waals surface area contributed by atoms with Gasteiger partial charge in [0.15, 0.2) is 5.78 Å². The van der Waals surface area contributed by atoms with Gasteiger partial charge in [-0.15, -0.1) is 0 Å². The summed E-state index contributed by atoms with van der Waals surface area (Å²) < 4.78 is 1.01. The van der Waals surface area contributed by atoms with Crippen LogP contribution in [0.15, 0.2) is 28.9 Å². The van der Waals surface area contributed by atoms with E-state index in [1.54, 1.807) is 6.20 Å². The van der Waals surface area contributed by atoms with Crippen LogP contribution in [-0.4, -0.2) is 23.9 Å². The Balaban J connectivity index is 2.46. The molecule has 0 saturated carbocycles. The SMILES string of the molecule is CCC(NC)C(=O)c1c[nH]c2cc(Br)ccc12. The second kappa shape index (κ2) is 5.02. The molecule has 0 spiro atoms. The summed E-state index contributed by atoms with van der Waals surface area (Å²) in [6.45, 7) is 2.00. The number of benzene rings is 1. The van der Waals surface area contributed by atoms with E-state index in [0.717, 1.165) is 27.4 Å². The van der Waals surface area contributed by atoms with Gasteiger partial charge in [-0.25, -0.2) is 0 Å². The van der Waals surface area contributed by atoms with Gasteiger partial charge >= 0.3 is 0 Å². The molecule has 2 aromatic rings. The number of likely N-dealkylation sites (N-methyl/N-ethyl adjacent to an activating group) is 1. The summed E-state index contributed by atoms with van der Waals surface area (Å²) >= 11 is 3.42. The maximum Gasteiger partial charge on any atom is 0.181 e. The van der Waals surface area contributed by atoms with E-state index < -0.39 is 0 Å². The van der Waals surface area contributed by atoms with Crippen LogP contribution in [-0.2, 0) is 0 Å². The van der Waals surface area contributed by atoms with Crippen LogP contribution in [0.2, 0.25) is 0 Å². The first-order chi connectivity index (χ1) is 8.17. The lowest BCUT2D eigenvalue weighted by molar-refractivity contribution is 0.0946. The molecule has 0 fully saturated rings. The Bertz CT molecular complexity index is 543. The summed E-state index contributed by atoms with van der Waals surface area (Å²) in [7, 11) is 1.82. The molecule has 0 bridgehead atoms. The summed E-state index contributed by atoms with van der Waals surface area (Å²) in [6, 6.07) is 5.78. The van der Waals surface area contributed by atoms with Gasteiger partial charge in [0, 0.05) is 27.1 Å². The number of ketones is 1. The van der Waals surface area contributed by atoms with Gasteiger partial charge in [0.25, 0.3) is 0 Å². The number of rotatable bonds is 4. The summed E-state index contributed by atoms with van der Waals surface area (Å²) in [5, 5.41) is 4.02. The second-order valence-electron chi connectivity index (χ2n) is 4.01. The van der Waals surface area contributed by atoms with E-state index in [4.69, 9.17) is 0 Å². The molecule has 1 aromatic heterocycles. The molecule has 0 aliphatic rings. The number of fused-ring (bicyclic) bond motifs is 1. The highest BCUT2D eigenvalue weighted by molar-refractivity contribution is 9.10. The lowest BCUT2D eigenvalue weighted by atomic mass is 10.0. The van der Waals surface area contributed by atoms with Crippen LogP contribution in [0.4, 0.5) is 0 Å². The van der Waals surface area contributed by atoms with Gasteiger partial charge in [-0.1, -0.05) is 28.9 Å². The van der Waals surface area contributed by atoms with Gasteiger partial charge < -0.3 is 10.3 Å². The molecule has 4 heteroatoms. The molecule has 1 unspecified atom stereocenters. The Kier molecular flexibility index (Phi) is 3.64. The monoisotopic (exact) mass is 294 g/mol. The Hall–Kier alpha value is -1.13. The van der Waals surface area contributed by atoms with Crippen molar-refractivity contribution < 1.29 is 4.79 Å². The minimum absolute atomic E-state index is 0.113. The molecule has 3 nitrogen and oxygen atoms in total. The number of halogens is 1. The van der Waals surface area contributed by atoms with E-state index in [-0.39, 0.29) is 11.8 Å². The topological polar surface area (TPSA) is 44.9 Å². The zero-order valence-corrected chi connectivity index (χ0v) is 11.5. The molecule has 1 heterocycles. The zero-order valence-electron chi connectivity index (χ0n) is 9.88. The van der Waals surface area contributed by atoms with Crippen LogP contribution in [0.5, 0.6) is 0 Å². The van der Waals surface area contributed by atoms with Crippen LogP contribution in [0.3, 0.4) is 0 Å². The normalized spacial score (nSPS) is 12.9. The number of Topliss-reactive ketones (excluding diaryl/α,β-unsaturated/α-hetero) is 1. The molecule has 0 aliphatic heterocycles. The fourth-order valence-corrected chi connectivity index (χ4v) is 2.37. The molecule has 2 rings (SSSR count). The second-order valence-corrected chi connectivity index (χ2v) is 4.92. The number of aromatic nitrogens is 1. The average Bonchev–Trinajstić information content (AvgIpc) is 2.73. The van der Waals surface area contributed by atoms with Crippen LogP contribution >= 0.6 is 15.9 Å². The summed E-state index contributed by atoms with van der Waals surface area (Å²) in [5.74, 6) is 0.142. The van der Waals surface area contributed by atoms with E-state index >= 15 is 0 Å². The standard InChI is InChI=1S/C13H15BrN2O/c1-3-11(15-2)13(17)10-7-16-12-6-8(14)4-5-9(10)12/h4-7,11,15-16H,3H2,1-2H3. The molecule has 1 atom stereocenters. The van der Waals surface area contributed by atoms with Gasteiger partial charge in [0.2, 0.25) is 0 Å². The Morgan fingerprint density at radius 3 is 2.94 bits per heavy atom. The largest absolute Gasteiger partial charge is 0.360 e. The van der Waals surface area contributed by atoms with Gasteiger partial charge in [-0.05, 0) is 25.6 Å². The van der Waals surface area contributed by atoms with Gasteiger partial charge in [-0.2, -0.15) is 0 Å². The maximum absolute atomic E-state index is 12.3. The zero-order chi connectivity index (χ0) is 12.4. The summed E-state index contributed by atoms with van der Waals surface area (Å²) in [4.78, 5) is 15.4. The molecule has 0 amide bonds. The predicted octanol–water partition coefficient (Wildman–Crippen LogP) is 3.11. The van der Waals surface area contributed by atoms with Crippen LogP contribution in [0.1, 0.15) is 23.7 Å². The first kappa shape index (κ1) is 12.3. The van der Waals surface area contributed by atoms with E-state index in [2.05, 4.69) is 26.2 Å². The molecule has 17 heavy (non-hydrogen) atoms. The van der Waals surface area contributed by atoms with Gasteiger partial charge in [0.05, 0.1) is 6.04 Å². The third-order valence-corrected chi connectivity index (χ3v) is 3.48. The van der Waals surface area contributed by atoms with Crippen LogP contribution in [0.25, 0.3) is 10.9 Å². The highest BCUT2D eigenvalue weighted by atomic mass is 79.9. The van der Waals surface area contributed by atoms with E-state index in [0.29, 0.717) is 0 Å². The predicted molar refractivity (Wildman–Crippen MR) is 73.5 cm³/mol. The molecular formula is C13H15BrN2O. The van der Waals surface area contributed by atoms with Crippen molar-refractivity contribution in [1.82, 2.24) is 10.3 Å². The molecule has 0 saturated heterocycles. The number of carbonyl (C=O) groups excluding carboxylic acids is 1. The number of hydrogen-bond acceptors (Lipinski definition) is 2. The van der Waals surface area contributed by atoms with Gasteiger partial charge in [0.1, 0.15) is 0 Å². The van der Waals surface area contributed by atoms with E-state index in [1.165, 1.54) is 0 Å². The number of nitrogens with one attached hydrogen (secondary N) is 2. The highest BCUT2D eigenvalue weighted by Crippen LogP contribution is 2.23. The Morgan fingerprint density at radius 1 is 1.53 bits per heavy atom.